The third-order valence-electron chi connectivity index (χ3n) is 2.69. The van der Waals surface area contributed by atoms with Crippen LogP contribution in [0.3, 0.4) is 0 Å². The number of carbonyl (C=O) groups excluding carboxylic acids is 1. The van der Waals surface area contributed by atoms with Gasteiger partial charge in [0, 0.05) is 10.7 Å². The molecule has 5 nitrogen and oxygen atoms in total. The van der Waals surface area contributed by atoms with E-state index in [2.05, 4.69) is 4.72 Å². The molecule has 2 aromatic rings. The fourth-order valence-electron chi connectivity index (χ4n) is 1.61. The second-order valence-electron chi connectivity index (χ2n) is 4.37. The summed E-state index contributed by atoms with van der Waals surface area (Å²) in [4.78, 5) is 10.6. The molecule has 0 aliphatic rings. The van der Waals surface area contributed by atoms with Gasteiger partial charge in [0.05, 0.1) is 11.4 Å². The highest BCUT2D eigenvalue weighted by molar-refractivity contribution is 7.95. The van der Waals surface area contributed by atoms with Crippen LogP contribution in [0.4, 0.5) is 5.69 Å². The summed E-state index contributed by atoms with van der Waals surface area (Å²) in [6, 6.07) is 11.9. The van der Waals surface area contributed by atoms with E-state index in [1.54, 1.807) is 24.3 Å². The Bertz CT molecular complexity index is 796. The lowest BCUT2D eigenvalue weighted by Crippen LogP contribution is -2.22. The van der Waals surface area contributed by atoms with Crippen molar-refractivity contribution in [1.82, 2.24) is 0 Å². The molecule has 0 aliphatic heterocycles. The van der Waals surface area contributed by atoms with Gasteiger partial charge < -0.3 is 9.90 Å². The van der Waals surface area contributed by atoms with E-state index in [1.807, 2.05) is 0 Å². The molecule has 0 heterocycles. The fourth-order valence-corrected chi connectivity index (χ4v) is 2.61. The number of carboxylic acids is 1. The van der Waals surface area contributed by atoms with Gasteiger partial charge in [-0.2, -0.15) is 0 Å². The minimum absolute atomic E-state index is 0.0281. The molecule has 22 heavy (non-hydrogen) atoms. The molecule has 0 unspecified atom stereocenters. The van der Waals surface area contributed by atoms with Gasteiger partial charge in [0.15, 0.2) is 0 Å². The first kappa shape index (κ1) is 16.1. The Balaban J connectivity index is 2.10. The van der Waals surface area contributed by atoms with Crippen molar-refractivity contribution in [2.45, 2.75) is 0 Å². The molecule has 0 bridgehead atoms. The molecule has 0 saturated heterocycles. The summed E-state index contributed by atoms with van der Waals surface area (Å²) in [5, 5.41) is 12.2. The zero-order chi connectivity index (χ0) is 16.2. The quantitative estimate of drug-likeness (QED) is 0.906. The lowest BCUT2D eigenvalue weighted by Gasteiger charge is -2.06. The maximum Gasteiger partial charge on any atom is 0.255 e. The van der Waals surface area contributed by atoms with E-state index in [9.17, 15) is 18.3 Å². The molecular weight excluding hydrogens is 326 g/mol. The fraction of sp³-hybridized carbons (Fsp3) is 0. The Morgan fingerprint density at radius 3 is 2.18 bits per heavy atom. The normalized spacial score (nSPS) is 11.5. The number of nitrogens with one attached hydrogen (secondary N) is 1. The average molecular weight is 337 g/mol. The van der Waals surface area contributed by atoms with Gasteiger partial charge in [-0.3, -0.25) is 4.72 Å². The number of rotatable bonds is 5. The summed E-state index contributed by atoms with van der Waals surface area (Å²) in [7, 11) is -3.70. The highest BCUT2D eigenvalue weighted by atomic mass is 35.5. The van der Waals surface area contributed by atoms with Crippen molar-refractivity contribution in [3.63, 3.8) is 0 Å². The molecular formula is C15H11ClNO4S-. The summed E-state index contributed by atoms with van der Waals surface area (Å²) in [5.41, 5.74) is 0.910. The largest absolute Gasteiger partial charge is 0.545 e. The molecule has 0 fully saturated rings. The first-order valence-corrected chi connectivity index (χ1v) is 8.06. The zero-order valence-corrected chi connectivity index (χ0v) is 12.8. The first-order valence-electron chi connectivity index (χ1n) is 6.14. The van der Waals surface area contributed by atoms with E-state index in [1.165, 1.54) is 30.3 Å². The van der Waals surface area contributed by atoms with Crippen LogP contribution in [0, 0.1) is 0 Å². The molecule has 2 aromatic carbocycles. The van der Waals surface area contributed by atoms with E-state index < -0.39 is 16.0 Å². The van der Waals surface area contributed by atoms with Gasteiger partial charge in [-0.1, -0.05) is 35.9 Å². The standard InChI is InChI=1S/C15H12ClNO4S/c16-13-5-1-11(2-6-13)9-10-22(20,21)17-14-7-3-12(4-8-14)15(18)19/h1-10,17H,(H,18,19)/p-1/b10-9+. The minimum atomic E-state index is -3.70. The third-order valence-corrected chi connectivity index (χ3v) is 3.96. The summed E-state index contributed by atoms with van der Waals surface area (Å²) >= 11 is 5.74. The number of aromatic carboxylic acids is 1. The lowest BCUT2D eigenvalue weighted by atomic mass is 10.2. The van der Waals surface area contributed by atoms with Crippen molar-refractivity contribution in [3.8, 4) is 0 Å². The number of hydrogen-bond acceptors (Lipinski definition) is 4. The number of benzene rings is 2. The SMILES string of the molecule is O=C([O-])c1ccc(NS(=O)(=O)/C=C/c2ccc(Cl)cc2)cc1. The smallest absolute Gasteiger partial charge is 0.255 e. The molecule has 0 amide bonds. The molecule has 0 radical (unpaired) electrons. The van der Waals surface area contributed by atoms with Crippen LogP contribution in [0.15, 0.2) is 53.9 Å². The van der Waals surface area contributed by atoms with Crippen LogP contribution < -0.4 is 9.83 Å². The van der Waals surface area contributed by atoms with Gasteiger partial charge in [-0.15, -0.1) is 0 Å². The molecule has 2 rings (SSSR count). The van der Waals surface area contributed by atoms with Crippen LogP contribution in [0.2, 0.25) is 5.02 Å². The number of halogens is 1. The third kappa shape index (κ3) is 4.61. The number of anilines is 1. The van der Waals surface area contributed by atoms with Gasteiger partial charge in [0.1, 0.15) is 0 Å². The number of carboxylic acid groups (broad SMARTS) is 1. The Hall–Kier alpha value is -2.31. The topological polar surface area (TPSA) is 86.3 Å². The Labute approximate surface area is 132 Å². The first-order chi connectivity index (χ1) is 10.4. The van der Waals surface area contributed by atoms with E-state index in [0.717, 1.165) is 5.41 Å². The number of sulfonamides is 1. The zero-order valence-electron chi connectivity index (χ0n) is 11.2. The number of carbonyl (C=O) groups is 1. The van der Waals surface area contributed by atoms with Crippen molar-refractivity contribution >= 4 is 39.4 Å². The molecule has 0 aromatic heterocycles. The maximum atomic E-state index is 11.9. The second-order valence-corrected chi connectivity index (χ2v) is 6.37. The number of hydrogen-bond donors (Lipinski definition) is 1. The molecule has 7 heteroatoms. The minimum Gasteiger partial charge on any atom is -0.545 e. The van der Waals surface area contributed by atoms with Gasteiger partial charge in [0.2, 0.25) is 0 Å². The predicted molar refractivity (Wildman–Crippen MR) is 83.8 cm³/mol. The van der Waals surface area contributed by atoms with Crippen LogP contribution in [0.5, 0.6) is 0 Å². The van der Waals surface area contributed by atoms with E-state index in [4.69, 9.17) is 11.6 Å². The van der Waals surface area contributed by atoms with Crippen molar-refractivity contribution in [3.05, 3.63) is 70.1 Å². The van der Waals surface area contributed by atoms with Crippen molar-refractivity contribution in [2.24, 2.45) is 0 Å². The van der Waals surface area contributed by atoms with E-state index >= 15 is 0 Å². The Morgan fingerprint density at radius 2 is 1.64 bits per heavy atom. The molecule has 1 N–H and O–H groups in total. The monoisotopic (exact) mass is 336 g/mol. The van der Waals surface area contributed by atoms with Crippen molar-refractivity contribution in [2.75, 3.05) is 4.72 Å². The van der Waals surface area contributed by atoms with Gasteiger partial charge >= 0.3 is 0 Å². The van der Waals surface area contributed by atoms with Crippen LogP contribution >= 0.6 is 11.6 Å². The predicted octanol–water partition coefficient (Wildman–Crippen LogP) is 2.12. The summed E-state index contributed by atoms with van der Waals surface area (Å²) < 4.78 is 26.1. The van der Waals surface area contributed by atoms with Gasteiger partial charge in [0.25, 0.3) is 10.0 Å². The molecule has 114 valence electrons. The average Bonchev–Trinajstić information content (AvgIpc) is 2.47. The summed E-state index contributed by atoms with van der Waals surface area (Å²) in [6.07, 6.45) is 1.42. The highest BCUT2D eigenvalue weighted by Gasteiger charge is 2.05. The van der Waals surface area contributed by atoms with Crippen molar-refractivity contribution < 1.29 is 18.3 Å². The van der Waals surface area contributed by atoms with Crippen molar-refractivity contribution in [1.29, 1.82) is 0 Å². The van der Waals surface area contributed by atoms with E-state index in [-0.39, 0.29) is 11.3 Å². The highest BCUT2D eigenvalue weighted by Crippen LogP contribution is 2.14. The van der Waals surface area contributed by atoms with Crippen LogP contribution in [0.25, 0.3) is 6.08 Å². The van der Waals surface area contributed by atoms with Crippen LogP contribution in [0.1, 0.15) is 15.9 Å². The maximum absolute atomic E-state index is 11.9. The molecule has 0 aliphatic carbocycles. The molecule has 0 saturated carbocycles. The summed E-state index contributed by atoms with van der Waals surface area (Å²) in [5.74, 6) is -1.32. The molecule has 0 spiro atoms. The summed E-state index contributed by atoms with van der Waals surface area (Å²) in [6.45, 7) is 0. The van der Waals surface area contributed by atoms with E-state index in [0.29, 0.717) is 10.6 Å². The van der Waals surface area contributed by atoms with Gasteiger partial charge in [-0.25, -0.2) is 8.42 Å². The van der Waals surface area contributed by atoms with Crippen LogP contribution in [-0.4, -0.2) is 14.4 Å². The second kappa shape index (κ2) is 6.64. The lowest BCUT2D eigenvalue weighted by molar-refractivity contribution is -0.255. The Kier molecular flexibility index (Phi) is 4.85. The molecule has 0 atom stereocenters. The van der Waals surface area contributed by atoms with Gasteiger partial charge in [-0.05, 0) is 41.5 Å². The Morgan fingerprint density at radius 1 is 1.05 bits per heavy atom. The van der Waals surface area contributed by atoms with Crippen LogP contribution in [-0.2, 0) is 10.0 Å².